The third-order valence-electron chi connectivity index (χ3n) is 4.18. The summed E-state index contributed by atoms with van der Waals surface area (Å²) in [6.45, 7) is 0. The second-order valence-electron chi connectivity index (χ2n) is 5.85. The lowest BCUT2D eigenvalue weighted by Crippen LogP contribution is -2.03. The minimum absolute atomic E-state index is 0.00577. The molecule has 0 spiro atoms. The molecule has 0 fully saturated rings. The molecular weight excluding hydrogens is 352 g/mol. The fraction of sp³-hybridized carbons (Fsp3) is 0. The Kier molecular flexibility index (Phi) is 3.70. The zero-order valence-electron chi connectivity index (χ0n) is 13.3. The fourth-order valence-corrected chi connectivity index (χ4v) is 3.28. The Hall–Kier alpha value is -3.25. The second-order valence-corrected chi connectivity index (χ2v) is 6.37. The molecule has 0 aromatic heterocycles. The van der Waals surface area contributed by atoms with Crippen LogP contribution in [0.2, 0.25) is 0 Å². The zero-order chi connectivity index (χ0) is 18.4. The van der Waals surface area contributed by atoms with Crippen molar-refractivity contribution in [1.82, 2.24) is 0 Å². The number of carboxylic acid groups (broad SMARTS) is 1. The molecule has 1 aliphatic heterocycles. The fourth-order valence-electron chi connectivity index (χ4n) is 3.07. The molecule has 2 aromatic carbocycles. The van der Waals surface area contributed by atoms with Gasteiger partial charge in [-0.1, -0.05) is 0 Å². The molecule has 0 atom stereocenters. The number of thiol groups is 1. The molecule has 0 unspecified atom stereocenters. The SMILES string of the molecule is O=C(O)c1ccc(S)cc1-c1c2ccc(=O)cc-2oc2cc(O)ccc12. The maximum absolute atomic E-state index is 11.7. The first kappa shape index (κ1) is 16.2. The topological polar surface area (TPSA) is 87.7 Å². The van der Waals surface area contributed by atoms with E-state index in [1.54, 1.807) is 24.3 Å². The van der Waals surface area contributed by atoms with E-state index in [2.05, 4.69) is 12.6 Å². The van der Waals surface area contributed by atoms with E-state index >= 15 is 0 Å². The van der Waals surface area contributed by atoms with Crippen molar-refractivity contribution in [2.45, 2.75) is 4.90 Å². The summed E-state index contributed by atoms with van der Waals surface area (Å²) in [4.78, 5) is 24.1. The summed E-state index contributed by atoms with van der Waals surface area (Å²) in [7, 11) is 0. The van der Waals surface area contributed by atoms with Crippen LogP contribution in [0.5, 0.6) is 5.75 Å². The summed E-state index contributed by atoms with van der Waals surface area (Å²) in [5, 5.41) is 20.0. The molecule has 2 N–H and O–H groups in total. The van der Waals surface area contributed by atoms with Gasteiger partial charge in [0.2, 0.25) is 0 Å². The Bertz CT molecular complexity index is 1210. The number of aromatic carboxylic acids is 1. The third kappa shape index (κ3) is 2.60. The average Bonchev–Trinajstić information content (AvgIpc) is 2.59. The number of benzene rings is 3. The quantitative estimate of drug-likeness (QED) is 0.365. The van der Waals surface area contributed by atoms with E-state index < -0.39 is 5.97 Å². The van der Waals surface area contributed by atoms with Crippen molar-refractivity contribution in [3.8, 4) is 28.2 Å². The molecule has 0 saturated heterocycles. The largest absolute Gasteiger partial charge is 0.508 e. The van der Waals surface area contributed by atoms with Crippen LogP contribution in [0.3, 0.4) is 0 Å². The van der Waals surface area contributed by atoms with E-state index in [1.165, 1.54) is 30.3 Å². The van der Waals surface area contributed by atoms with Crippen LogP contribution >= 0.6 is 12.6 Å². The van der Waals surface area contributed by atoms with Gasteiger partial charge in [-0.15, -0.1) is 12.6 Å². The lowest BCUT2D eigenvalue weighted by atomic mass is 9.91. The van der Waals surface area contributed by atoms with E-state index in [0.717, 1.165) is 0 Å². The molecule has 1 aliphatic carbocycles. The van der Waals surface area contributed by atoms with Gasteiger partial charge in [-0.3, -0.25) is 4.79 Å². The molecule has 0 bridgehead atoms. The second kappa shape index (κ2) is 5.93. The lowest BCUT2D eigenvalue weighted by molar-refractivity contribution is 0.0697. The van der Waals surface area contributed by atoms with Crippen LogP contribution in [0.25, 0.3) is 33.4 Å². The maximum atomic E-state index is 11.7. The van der Waals surface area contributed by atoms with Crippen molar-refractivity contribution in [1.29, 1.82) is 0 Å². The van der Waals surface area contributed by atoms with E-state index in [9.17, 15) is 19.8 Å². The monoisotopic (exact) mass is 364 g/mol. The van der Waals surface area contributed by atoms with E-state index in [0.29, 0.717) is 38.3 Å². The van der Waals surface area contributed by atoms with Crippen molar-refractivity contribution in [3.63, 3.8) is 0 Å². The highest BCUT2D eigenvalue weighted by Crippen LogP contribution is 2.42. The number of phenols is 1. The van der Waals surface area contributed by atoms with Gasteiger partial charge < -0.3 is 14.6 Å². The van der Waals surface area contributed by atoms with Gasteiger partial charge in [0.15, 0.2) is 5.43 Å². The van der Waals surface area contributed by atoms with Gasteiger partial charge in [0.05, 0.1) is 5.56 Å². The van der Waals surface area contributed by atoms with Crippen molar-refractivity contribution < 1.29 is 19.4 Å². The molecule has 2 aliphatic rings. The summed E-state index contributed by atoms with van der Waals surface area (Å²) in [6.07, 6.45) is 0. The van der Waals surface area contributed by atoms with Gasteiger partial charge in [-0.25, -0.2) is 4.79 Å². The lowest BCUT2D eigenvalue weighted by Gasteiger charge is -2.17. The molecule has 5 nitrogen and oxygen atoms in total. The first-order chi connectivity index (χ1) is 12.4. The highest BCUT2D eigenvalue weighted by atomic mass is 32.1. The molecule has 128 valence electrons. The van der Waals surface area contributed by atoms with Crippen LogP contribution in [-0.4, -0.2) is 16.2 Å². The van der Waals surface area contributed by atoms with Crippen LogP contribution in [0.4, 0.5) is 0 Å². The Morgan fingerprint density at radius 2 is 1.77 bits per heavy atom. The highest BCUT2D eigenvalue weighted by molar-refractivity contribution is 7.80. The first-order valence-corrected chi connectivity index (χ1v) is 8.15. The number of carbonyl (C=O) groups is 1. The summed E-state index contributed by atoms with van der Waals surface area (Å²) >= 11 is 4.33. The molecular formula is C20H12O5S. The van der Waals surface area contributed by atoms with Crippen LogP contribution in [0, 0.1) is 0 Å². The Morgan fingerprint density at radius 3 is 2.54 bits per heavy atom. The number of fused-ring (bicyclic) bond motifs is 2. The Morgan fingerprint density at radius 1 is 0.962 bits per heavy atom. The first-order valence-electron chi connectivity index (χ1n) is 7.70. The molecule has 0 saturated carbocycles. The van der Waals surface area contributed by atoms with Crippen molar-refractivity contribution in [2.24, 2.45) is 0 Å². The number of hydrogen-bond acceptors (Lipinski definition) is 5. The zero-order valence-corrected chi connectivity index (χ0v) is 14.2. The molecule has 0 amide bonds. The minimum atomic E-state index is -1.07. The number of hydrogen-bond donors (Lipinski definition) is 3. The average molecular weight is 364 g/mol. The normalized spacial score (nSPS) is 11.1. The van der Waals surface area contributed by atoms with Gasteiger partial charge in [0, 0.05) is 33.5 Å². The smallest absolute Gasteiger partial charge is 0.336 e. The van der Waals surface area contributed by atoms with Crippen LogP contribution < -0.4 is 5.43 Å². The number of carboxylic acids is 1. The van der Waals surface area contributed by atoms with Gasteiger partial charge in [-0.2, -0.15) is 0 Å². The maximum Gasteiger partial charge on any atom is 0.336 e. The van der Waals surface area contributed by atoms with E-state index in [-0.39, 0.29) is 16.7 Å². The van der Waals surface area contributed by atoms with Crippen LogP contribution in [-0.2, 0) is 0 Å². The highest BCUT2D eigenvalue weighted by Gasteiger charge is 2.21. The number of aromatic hydroxyl groups is 1. The Labute approximate surface area is 152 Å². The van der Waals surface area contributed by atoms with E-state index in [4.69, 9.17) is 4.42 Å². The van der Waals surface area contributed by atoms with Gasteiger partial charge in [-0.05, 0) is 48.0 Å². The summed E-state index contributed by atoms with van der Waals surface area (Å²) < 4.78 is 5.77. The third-order valence-corrected chi connectivity index (χ3v) is 4.46. The van der Waals surface area contributed by atoms with Crippen molar-refractivity contribution >= 4 is 29.6 Å². The molecule has 1 heterocycles. The molecule has 2 aromatic rings. The van der Waals surface area contributed by atoms with Crippen molar-refractivity contribution in [3.05, 3.63) is 70.4 Å². The number of phenolic OH excluding ortho intramolecular Hbond substituents is 1. The Balaban J connectivity index is 2.23. The van der Waals surface area contributed by atoms with Crippen LogP contribution in [0.1, 0.15) is 10.4 Å². The van der Waals surface area contributed by atoms with Crippen molar-refractivity contribution in [2.75, 3.05) is 0 Å². The minimum Gasteiger partial charge on any atom is -0.508 e. The number of rotatable bonds is 2. The van der Waals surface area contributed by atoms with Gasteiger partial charge in [0.1, 0.15) is 17.1 Å². The summed E-state index contributed by atoms with van der Waals surface area (Å²) in [5.74, 6) is -0.757. The van der Waals surface area contributed by atoms with Gasteiger partial charge in [0.25, 0.3) is 0 Å². The molecule has 26 heavy (non-hydrogen) atoms. The van der Waals surface area contributed by atoms with E-state index in [1.807, 2.05) is 0 Å². The standard InChI is InChI=1S/C20H12O5S/c21-10-1-4-14-17(7-10)25-18-8-11(22)2-5-15(18)19(14)16-9-12(26)3-6-13(16)20(23)24/h1-9,21,26H,(H,23,24). The predicted octanol–water partition coefficient (Wildman–Crippen LogP) is 4.26. The summed E-state index contributed by atoms with van der Waals surface area (Å²) in [6, 6.07) is 13.7. The molecule has 0 radical (unpaired) electrons. The van der Waals surface area contributed by atoms with Crippen LogP contribution in [0.15, 0.2) is 68.7 Å². The molecule has 6 heteroatoms. The summed E-state index contributed by atoms with van der Waals surface area (Å²) in [5.41, 5.74) is 1.89. The predicted molar refractivity (Wildman–Crippen MR) is 100 cm³/mol. The molecule has 4 rings (SSSR count). The van der Waals surface area contributed by atoms with Gasteiger partial charge >= 0.3 is 5.97 Å².